The van der Waals surface area contributed by atoms with Crippen LogP contribution in [0.25, 0.3) is 0 Å². The van der Waals surface area contributed by atoms with Crippen LogP contribution in [0.1, 0.15) is 18.4 Å². The standard InChI is InChI=1S/C17H25N3O2.HI/c1-18-17(20-15-8-4-5-9-15)19-11-12-22-13-14-7-3-6-10-16(14)21-2;/h3-7,10,15H,8-9,11-13H2,1-2H3,(H2,18,19,20);1H. The lowest BCUT2D eigenvalue weighted by atomic mass is 10.2. The SMILES string of the molecule is CN=C(NCCOCc1ccccc1OC)NC1CC=CC1.I. The third-order valence-corrected chi connectivity index (χ3v) is 3.56. The first-order chi connectivity index (χ1) is 10.8. The fraction of sp³-hybridized carbons (Fsp3) is 0.471. The number of para-hydroxylation sites is 1. The first-order valence-electron chi connectivity index (χ1n) is 7.65. The molecule has 0 bridgehead atoms. The molecule has 0 spiro atoms. The highest BCUT2D eigenvalue weighted by atomic mass is 127. The Bertz CT molecular complexity index is 512. The number of guanidine groups is 1. The largest absolute Gasteiger partial charge is 0.496 e. The van der Waals surface area contributed by atoms with Crippen LogP contribution in [0.15, 0.2) is 41.4 Å². The molecule has 128 valence electrons. The minimum absolute atomic E-state index is 0. The van der Waals surface area contributed by atoms with E-state index in [-0.39, 0.29) is 24.0 Å². The third-order valence-electron chi connectivity index (χ3n) is 3.56. The van der Waals surface area contributed by atoms with Gasteiger partial charge in [-0.3, -0.25) is 4.99 Å². The second-order valence-electron chi connectivity index (χ2n) is 5.15. The second-order valence-corrected chi connectivity index (χ2v) is 5.15. The lowest BCUT2D eigenvalue weighted by Crippen LogP contribution is -2.43. The lowest BCUT2D eigenvalue weighted by Gasteiger charge is -2.17. The first-order valence-corrected chi connectivity index (χ1v) is 7.65. The summed E-state index contributed by atoms with van der Waals surface area (Å²) < 4.78 is 11.0. The van der Waals surface area contributed by atoms with Crippen molar-refractivity contribution in [2.45, 2.75) is 25.5 Å². The molecule has 0 saturated heterocycles. The Morgan fingerprint density at radius 1 is 1.26 bits per heavy atom. The average Bonchev–Trinajstić information content (AvgIpc) is 3.06. The van der Waals surface area contributed by atoms with Crippen LogP contribution in [-0.4, -0.2) is 39.3 Å². The number of aliphatic imine (C=N–C) groups is 1. The van der Waals surface area contributed by atoms with Gasteiger partial charge < -0.3 is 20.1 Å². The second kappa shape index (κ2) is 11.3. The van der Waals surface area contributed by atoms with Gasteiger partial charge in [0, 0.05) is 25.2 Å². The summed E-state index contributed by atoms with van der Waals surface area (Å²) >= 11 is 0. The van der Waals surface area contributed by atoms with Gasteiger partial charge in [0.25, 0.3) is 0 Å². The lowest BCUT2D eigenvalue weighted by molar-refractivity contribution is 0.123. The van der Waals surface area contributed by atoms with Crippen molar-refractivity contribution >= 4 is 29.9 Å². The van der Waals surface area contributed by atoms with Gasteiger partial charge in [-0.05, 0) is 18.9 Å². The van der Waals surface area contributed by atoms with Crippen LogP contribution in [0, 0.1) is 0 Å². The van der Waals surface area contributed by atoms with Crippen molar-refractivity contribution in [2.24, 2.45) is 4.99 Å². The maximum atomic E-state index is 5.69. The summed E-state index contributed by atoms with van der Waals surface area (Å²) in [5, 5.41) is 6.66. The molecule has 23 heavy (non-hydrogen) atoms. The molecule has 1 aliphatic rings. The van der Waals surface area contributed by atoms with Crippen molar-refractivity contribution in [3.63, 3.8) is 0 Å². The van der Waals surface area contributed by atoms with Gasteiger partial charge in [-0.25, -0.2) is 0 Å². The van der Waals surface area contributed by atoms with E-state index in [4.69, 9.17) is 9.47 Å². The summed E-state index contributed by atoms with van der Waals surface area (Å²) in [7, 11) is 3.46. The zero-order chi connectivity index (χ0) is 15.6. The zero-order valence-electron chi connectivity index (χ0n) is 13.7. The predicted molar refractivity (Wildman–Crippen MR) is 105 cm³/mol. The van der Waals surface area contributed by atoms with Gasteiger partial charge in [0.1, 0.15) is 5.75 Å². The molecular weight excluding hydrogens is 405 g/mol. The van der Waals surface area contributed by atoms with Crippen molar-refractivity contribution in [1.29, 1.82) is 0 Å². The van der Waals surface area contributed by atoms with Crippen molar-refractivity contribution in [2.75, 3.05) is 27.3 Å². The Labute approximate surface area is 155 Å². The zero-order valence-corrected chi connectivity index (χ0v) is 16.1. The fourth-order valence-electron chi connectivity index (χ4n) is 2.37. The van der Waals surface area contributed by atoms with Crippen LogP contribution >= 0.6 is 24.0 Å². The molecule has 0 unspecified atom stereocenters. The van der Waals surface area contributed by atoms with Gasteiger partial charge in [-0.1, -0.05) is 30.4 Å². The Kier molecular flexibility index (Phi) is 9.70. The van der Waals surface area contributed by atoms with Crippen molar-refractivity contribution in [1.82, 2.24) is 10.6 Å². The van der Waals surface area contributed by atoms with E-state index in [9.17, 15) is 0 Å². The summed E-state index contributed by atoms with van der Waals surface area (Å²) in [6.07, 6.45) is 6.51. The smallest absolute Gasteiger partial charge is 0.191 e. The number of benzene rings is 1. The van der Waals surface area contributed by atoms with E-state index in [1.807, 2.05) is 24.3 Å². The van der Waals surface area contributed by atoms with Crippen LogP contribution in [0.4, 0.5) is 0 Å². The molecule has 5 nitrogen and oxygen atoms in total. The van der Waals surface area contributed by atoms with Gasteiger partial charge in [0.2, 0.25) is 0 Å². The molecule has 2 N–H and O–H groups in total. The monoisotopic (exact) mass is 431 g/mol. The number of methoxy groups -OCH3 is 1. The molecular formula is C17H26IN3O2. The molecule has 0 aromatic heterocycles. The van der Waals surface area contributed by atoms with Crippen LogP contribution in [-0.2, 0) is 11.3 Å². The highest BCUT2D eigenvalue weighted by molar-refractivity contribution is 14.0. The summed E-state index contributed by atoms with van der Waals surface area (Å²) in [5.74, 6) is 1.69. The highest BCUT2D eigenvalue weighted by Gasteiger charge is 2.11. The third kappa shape index (κ3) is 6.78. The fourth-order valence-corrected chi connectivity index (χ4v) is 2.37. The Hall–Kier alpha value is -1.28. The summed E-state index contributed by atoms with van der Waals surface area (Å²) in [4.78, 5) is 4.23. The maximum absolute atomic E-state index is 5.69. The van der Waals surface area contributed by atoms with Crippen molar-refractivity contribution in [3.05, 3.63) is 42.0 Å². The van der Waals surface area contributed by atoms with Gasteiger partial charge >= 0.3 is 0 Å². The summed E-state index contributed by atoms with van der Waals surface area (Å²) in [5.41, 5.74) is 1.06. The van der Waals surface area contributed by atoms with Gasteiger partial charge in [-0.15, -0.1) is 24.0 Å². The normalized spacial score (nSPS) is 14.4. The van der Waals surface area contributed by atoms with Crippen LogP contribution in [0.2, 0.25) is 0 Å². The number of rotatable bonds is 7. The molecule has 0 saturated carbocycles. The topological polar surface area (TPSA) is 54.9 Å². The van der Waals surface area contributed by atoms with Crippen LogP contribution < -0.4 is 15.4 Å². The predicted octanol–water partition coefficient (Wildman–Crippen LogP) is 2.71. The van der Waals surface area contributed by atoms with E-state index >= 15 is 0 Å². The Balaban J connectivity index is 0.00000264. The maximum Gasteiger partial charge on any atom is 0.191 e. The molecule has 0 amide bonds. The molecule has 1 aromatic carbocycles. The van der Waals surface area contributed by atoms with E-state index in [0.29, 0.717) is 19.3 Å². The molecule has 0 atom stereocenters. The summed E-state index contributed by atoms with van der Waals surface area (Å²) in [6.45, 7) is 1.88. The number of hydrogen-bond donors (Lipinski definition) is 2. The van der Waals surface area contributed by atoms with Crippen LogP contribution in [0.3, 0.4) is 0 Å². The molecule has 6 heteroatoms. The molecule has 0 heterocycles. The number of nitrogens with one attached hydrogen (secondary N) is 2. The average molecular weight is 431 g/mol. The molecule has 0 radical (unpaired) electrons. The van der Waals surface area contributed by atoms with Crippen molar-refractivity contribution < 1.29 is 9.47 Å². The van der Waals surface area contributed by atoms with E-state index < -0.39 is 0 Å². The van der Waals surface area contributed by atoms with Crippen molar-refractivity contribution in [3.8, 4) is 5.75 Å². The van der Waals surface area contributed by atoms with E-state index in [2.05, 4.69) is 27.8 Å². The Morgan fingerprint density at radius 3 is 2.70 bits per heavy atom. The van der Waals surface area contributed by atoms with Crippen LogP contribution in [0.5, 0.6) is 5.75 Å². The van der Waals surface area contributed by atoms with E-state index in [1.165, 1.54) is 0 Å². The van der Waals surface area contributed by atoms with Gasteiger partial charge in [0.15, 0.2) is 5.96 Å². The quantitative estimate of drug-likeness (QED) is 0.229. The molecule has 0 fully saturated rings. The van der Waals surface area contributed by atoms with Gasteiger partial charge in [-0.2, -0.15) is 0 Å². The number of halogens is 1. The molecule has 1 aromatic rings. The van der Waals surface area contributed by atoms with E-state index in [1.54, 1.807) is 14.2 Å². The minimum atomic E-state index is 0. The number of hydrogen-bond acceptors (Lipinski definition) is 3. The summed E-state index contributed by atoms with van der Waals surface area (Å²) in [6, 6.07) is 8.36. The Morgan fingerprint density at radius 2 is 2.00 bits per heavy atom. The molecule has 1 aliphatic carbocycles. The van der Waals surface area contributed by atoms with Gasteiger partial charge in [0.05, 0.1) is 20.3 Å². The minimum Gasteiger partial charge on any atom is -0.496 e. The highest BCUT2D eigenvalue weighted by Crippen LogP contribution is 2.17. The molecule has 0 aliphatic heterocycles. The number of nitrogens with zero attached hydrogens (tertiary/aromatic N) is 1. The van der Waals surface area contributed by atoms with E-state index in [0.717, 1.165) is 36.7 Å². The first kappa shape index (κ1) is 19.8. The molecule has 2 rings (SSSR count). The number of ether oxygens (including phenoxy) is 2.